The fourth-order valence-electron chi connectivity index (χ4n) is 1.40. The molecule has 20 heavy (non-hydrogen) atoms. The average Bonchev–Trinajstić information content (AvgIpc) is 2.73. The van der Waals surface area contributed by atoms with Gasteiger partial charge in [0.25, 0.3) is 16.0 Å². The lowest BCUT2D eigenvalue weighted by Gasteiger charge is -2.06. The minimum atomic E-state index is -3.93. The van der Waals surface area contributed by atoms with Gasteiger partial charge >= 0.3 is 5.97 Å². The Morgan fingerprint density at radius 1 is 1.45 bits per heavy atom. The second kappa shape index (κ2) is 5.36. The van der Waals surface area contributed by atoms with Crippen molar-refractivity contribution in [3.63, 3.8) is 0 Å². The average molecular weight is 408 g/mol. The summed E-state index contributed by atoms with van der Waals surface area (Å²) < 4.78 is 26.8. The van der Waals surface area contributed by atoms with Crippen molar-refractivity contribution in [1.29, 1.82) is 0 Å². The Hall–Kier alpha value is -1.69. The molecule has 2 aromatic rings. The molecule has 0 aliphatic rings. The summed E-state index contributed by atoms with van der Waals surface area (Å²) in [7, 11) is -3.93. The van der Waals surface area contributed by atoms with Crippen LogP contribution in [0.25, 0.3) is 0 Å². The molecule has 0 radical (unpaired) electrons. The zero-order valence-corrected chi connectivity index (χ0v) is 13.1. The number of aromatic amines is 1. The van der Waals surface area contributed by atoms with Gasteiger partial charge in [0.05, 0.1) is 10.5 Å². The Kier molecular flexibility index (Phi) is 3.94. The molecule has 0 bridgehead atoms. The zero-order chi connectivity index (χ0) is 14.9. The minimum Gasteiger partial charge on any atom is -0.478 e. The molecule has 3 N–H and O–H groups in total. The number of carbonyl (C=O) groups is 1. The third-order valence-corrected chi connectivity index (χ3v) is 4.57. The molecule has 8 nitrogen and oxygen atoms in total. The maximum atomic E-state index is 12.1. The highest BCUT2D eigenvalue weighted by molar-refractivity contribution is 14.1. The van der Waals surface area contributed by atoms with Crippen LogP contribution in [0.3, 0.4) is 0 Å². The molecule has 0 fully saturated rings. The molecule has 1 aromatic carbocycles. The largest absolute Gasteiger partial charge is 0.478 e. The van der Waals surface area contributed by atoms with Crippen molar-refractivity contribution < 1.29 is 18.3 Å². The van der Waals surface area contributed by atoms with E-state index in [1.165, 1.54) is 12.1 Å². The summed E-state index contributed by atoms with van der Waals surface area (Å²) in [4.78, 5) is 14.7. The highest BCUT2D eigenvalue weighted by Gasteiger charge is 2.19. The third kappa shape index (κ3) is 3.07. The topological polar surface area (TPSA) is 125 Å². The second-order valence-electron chi connectivity index (χ2n) is 3.80. The van der Waals surface area contributed by atoms with Crippen LogP contribution in [-0.4, -0.2) is 34.7 Å². The van der Waals surface area contributed by atoms with Gasteiger partial charge in [-0.2, -0.15) is 4.98 Å². The molecule has 0 aliphatic heterocycles. The van der Waals surface area contributed by atoms with Crippen LogP contribution in [0.2, 0.25) is 0 Å². The van der Waals surface area contributed by atoms with E-state index in [4.69, 9.17) is 5.11 Å². The summed E-state index contributed by atoms with van der Waals surface area (Å²) in [6, 6.07) is 3.82. The molecule has 0 atom stereocenters. The first kappa shape index (κ1) is 14.7. The number of halogens is 1. The summed E-state index contributed by atoms with van der Waals surface area (Å²) in [5, 5.41) is 15.2. The molecule has 0 unspecified atom stereocenters. The molecule has 2 rings (SSSR count). The standard InChI is InChI=1S/C10H9IN4O4S/c1-5-12-10(14-13-5)15-20(18,19)6-2-3-8(11)7(4-6)9(16)17/h2-4H,1H3,(H,16,17)(H2,12,13,14,15). The van der Waals surface area contributed by atoms with Crippen molar-refractivity contribution in [1.82, 2.24) is 15.2 Å². The lowest BCUT2D eigenvalue weighted by molar-refractivity contribution is 0.0695. The molecular formula is C10H9IN4O4S. The first-order valence-electron chi connectivity index (χ1n) is 5.24. The fraction of sp³-hybridized carbons (Fsp3) is 0.100. The lowest BCUT2D eigenvalue weighted by atomic mass is 10.2. The van der Waals surface area contributed by atoms with Crippen LogP contribution in [0, 0.1) is 10.5 Å². The maximum Gasteiger partial charge on any atom is 0.336 e. The number of carboxylic acid groups (broad SMARTS) is 1. The normalized spacial score (nSPS) is 11.3. The van der Waals surface area contributed by atoms with Crippen LogP contribution in [0.15, 0.2) is 23.1 Å². The summed E-state index contributed by atoms with van der Waals surface area (Å²) in [5.41, 5.74) is -0.0837. The van der Waals surface area contributed by atoms with Gasteiger partial charge in [0.15, 0.2) is 0 Å². The number of sulfonamides is 1. The van der Waals surface area contributed by atoms with E-state index in [-0.39, 0.29) is 16.4 Å². The summed E-state index contributed by atoms with van der Waals surface area (Å²) in [6.45, 7) is 1.62. The molecule has 106 valence electrons. The van der Waals surface area contributed by atoms with E-state index in [0.717, 1.165) is 6.07 Å². The molecule has 0 amide bonds. The van der Waals surface area contributed by atoms with Gasteiger partial charge in [-0.3, -0.25) is 5.10 Å². The monoisotopic (exact) mass is 408 g/mol. The van der Waals surface area contributed by atoms with Crippen molar-refractivity contribution in [3.8, 4) is 0 Å². The van der Waals surface area contributed by atoms with Gasteiger partial charge in [0.2, 0.25) is 0 Å². The number of H-pyrrole nitrogens is 1. The van der Waals surface area contributed by atoms with Gasteiger partial charge in [0, 0.05) is 3.57 Å². The molecule has 0 saturated carbocycles. The number of aryl methyl sites for hydroxylation is 1. The van der Waals surface area contributed by atoms with Crippen LogP contribution >= 0.6 is 22.6 Å². The predicted molar refractivity (Wildman–Crippen MR) is 78.0 cm³/mol. The van der Waals surface area contributed by atoms with E-state index < -0.39 is 16.0 Å². The number of carboxylic acids is 1. The molecule has 10 heteroatoms. The highest BCUT2D eigenvalue weighted by atomic mass is 127. The third-order valence-electron chi connectivity index (χ3n) is 2.30. The lowest BCUT2D eigenvalue weighted by Crippen LogP contribution is -2.15. The highest BCUT2D eigenvalue weighted by Crippen LogP contribution is 2.19. The van der Waals surface area contributed by atoms with Crippen LogP contribution in [0.4, 0.5) is 5.95 Å². The van der Waals surface area contributed by atoms with Crippen molar-refractivity contribution in [2.24, 2.45) is 0 Å². The first-order chi connectivity index (χ1) is 9.29. The Morgan fingerprint density at radius 3 is 2.70 bits per heavy atom. The van der Waals surface area contributed by atoms with Crippen LogP contribution in [0.1, 0.15) is 16.2 Å². The van der Waals surface area contributed by atoms with E-state index >= 15 is 0 Å². The molecule has 0 aliphatic carbocycles. The smallest absolute Gasteiger partial charge is 0.336 e. The van der Waals surface area contributed by atoms with E-state index in [1.54, 1.807) is 6.92 Å². The van der Waals surface area contributed by atoms with Gasteiger partial charge < -0.3 is 5.11 Å². The van der Waals surface area contributed by atoms with Crippen molar-refractivity contribution in [3.05, 3.63) is 33.2 Å². The van der Waals surface area contributed by atoms with Crippen LogP contribution in [-0.2, 0) is 10.0 Å². The van der Waals surface area contributed by atoms with Crippen molar-refractivity contribution in [2.75, 3.05) is 4.72 Å². The van der Waals surface area contributed by atoms with Gasteiger partial charge in [-0.1, -0.05) is 0 Å². The fourth-order valence-corrected chi connectivity index (χ4v) is 2.94. The number of aromatic nitrogens is 3. The molecule has 0 spiro atoms. The van der Waals surface area contributed by atoms with E-state index in [1.807, 2.05) is 22.6 Å². The van der Waals surface area contributed by atoms with Gasteiger partial charge in [-0.05, 0) is 47.7 Å². The van der Waals surface area contributed by atoms with Crippen LogP contribution in [0.5, 0.6) is 0 Å². The Morgan fingerprint density at radius 2 is 2.15 bits per heavy atom. The molecule has 1 aromatic heterocycles. The number of aromatic carboxylic acids is 1. The quantitative estimate of drug-likeness (QED) is 0.654. The van der Waals surface area contributed by atoms with Crippen molar-refractivity contribution in [2.45, 2.75) is 11.8 Å². The first-order valence-corrected chi connectivity index (χ1v) is 7.80. The number of anilines is 1. The maximum absolute atomic E-state index is 12.1. The number of rotatable bonds is 4. The van der Waals surface area contributed by atoms with E-state index in [9.17, 15) is 13.2 Å². The second-order valence-corrected chi connectivity index (χ2v) is 6.64. The minimum absolute atomic E-state index is 0.0837. The predicted octanol–water partition coefficient (Wildman–Crippen LogP) is 1.22. The Bertz CT molecular complexity index is 771. The van der Waals surface area contributed by atoms with E-state index in [0.29, 0.717) is 9.39 Å². The zero-order valence-electron chi connectivity index (χ0n) is 10.1. The van der Waals surface area contributed by atoms with Crippen molar-refractivity contribution >= 4 is 44.5 Å². The summed E-state index contributed by atoms with van der Waals surface area (Å²) >= 11 is 1.82. The Labute approximate surface area is 127 Å². The number of hydrogen-bond acceptors (Lipinski definition) is 5. The number of nitrogens with one attached hydrogen (secondary N) is 2. The number of benzene rings is 1. The van der Waals surface area contributed by atoms with E-state index in [2.05, 4.69) is 19.9 Å². The van der Waals surface area contributed by atoms with Crippen LogP contribution < -0.4 is 4.72 Å². The summed E-state index contributed by atoms with van der Waals surface area (Å²) in [5.74, 6) is -0.838. The Balaban J connectivity index is 2.39. The van der Waals surface area contributed by atoms with Gasteiger partial charge in [0.1, 0.15) is 5.82 Å². The molecular weight excluding hydrogens is 399 g/mol. The molecule has 0 saturated heterocycles. The number of nitrogens with zero attached hydrogens (tertiary/aromatic N) is 2. The molecule has 1 heterocycles. The number of hydrogen-bond donors (Lipinski definition) is 3. The van der Waals surface area contributed by atoms with Gasteiger partial charge in [-0.25, -0.2) is 17.9 Å². The SMILES string of the molecule is Cc1nc(NS(=O)(=O)c2ccc(I)c(C(=O)O)c2)n[nH]1. The van der Waals surface area contributed by atoms with Gasteiger partial charge in [-0.15, -0.1) is 5.10 Å². The summed E-state index contributed by atoms with van der Waals surface area (Å²) in [6.07, 6.45) is 0.